The van der Waals surface area contributed by atoms with E-state index >= 15 is 0 Å². The molecule has 6 nitrogen and oxygen atoms in total. The highest BCUT2D eigenvalue weighted by Crippen LogP contribution is 2.19. The van der Waals surface area contributed by atoms with Gasteiger partial charge in [0.2, 0.25) is 5.91 Å². The number of hydrogen-bond acceptors (Lipinski definition) is 3. The summed E-state index contributed by atoms with van der Waals surface area (Å²) >= 11 is 0. The Morgan fingerprint density at radius 3 is 2.67 bits per heavy atom. The number of nitrogens with zero attached hydrogens (tertiary/aromatic N) is 1. The van der Waals surface area contributed by atoms with Gasteiger partial charge >= 0.3 is 5.97 Å². The second-order valence-corrected chi connectivity index (χ2v) is 6.30. The average Bonchev–Trinajstić information content (AvgIpc) is 2.60. The molecule has 1 aromatic carbocycles. The fourth-order valence-electron chi connectivity index (χ4n) is 2.91. The van der Waals surface area contributed by atoms with Gasteiger partial charge in [-0.3, -0.25) is 14.4 Å². The molecule has 2 N–H and O–H groups in total. The van der Waals surface area contributed by atoms with Gasteiger partial charge in [-0.15, -0.1) is 0 Å². The Labute approximate surface area is 141 Å². The molecule has 0 aromatic heterocycles. The van der Waals surface area contributed by atoms with E-state index < -0.39 is 5.97 Å². The molecule has 0 spiro atoms. The molecule has 1 aromatic rings. The summed E-state index contributed by atoms with van der Waals surface area (Å²) in [6, 6.07) is 8.88. The number of rotatable bonds is 6. The quantitative estimate of drug-likeness (QED) is 0.833. The lowest BCUT2D eigenvalue weighted by Crippen LogP contribution is -2.47. The average molecular weight is 332 g/mol. The first-order valence-corrected chi connectivity index (χ1v) is 8.34. The molecule has 2 atom stereocenters. The van der Waals surface area contributed by atoms with E-state index in [0.717, 1.165) is 12.8 Å². The van der Waals surface area contributed by atoms with Gasteiger partial charge in [0.25, 0.3) is 5.91 Å². The maximum Gasteiger partial charge on any atom is 0.303 e. The number of amides is 2. The number of nitrogens with one attached hydrogen (secondary N) is 1. The molecule has 2 rings (SSSR count). The van der Waals surface area contributed by atoms with Crippen molar-refractivity contribution in [3.63, 3.8) is 0 Å². The van der Waals surface area contributed by atoms with Gasteiger partial charge in [-0.05, 0) is 38.3 Å². The van der Waals surface area contributed by atoms with Gasteiger partial charge in [0.1, 0.15) is 0 Å². The lowest BCUT2D eigenvalue weighted by Gasteiger charge is -2.32. The zero-order chi connectivity index (χ0) is 17.5. The van der Waals surface area contributed by atoms with Crippen LogP contribution in [-0.4, -0.2) is 46.9 Å². The smallest absolute Gasteiger partial charge is 0.303 e. The van der Waals surface area contributed by atoms with Gasteiger partial charge in [0, 0.05) is 31.1 Å². The van der Waals surface area contributed by atoms with Crippen molar-refractivity contribution in [3.8, 4) is 0 Å². The number of piperidine rings is 1. The van der Waals surface area contributed by atoms with Crippen LogP contribution in [0.25, 0.3) is 0 Å². The van der Waals surface area contributed by atoms with E-state index in [1.807, 2.05) is 18.2 Å². The zero-order valence-corrected chi connectivity index (χ0v) is 13.9. The van der Waals surface area contributed by atoms with E-state index in [2.05, 4.69) is 5.32 Å². The largest absolute Gasteiger partial charge is 0.481 e. The van der Waals surface area contributed by atoms with E-state index in [1.54, 1.807) is 24.0 Å². The molecule has 0 bridgehead atoms. The van der Waals surface area contributed by atoms with Crippen molar-refractivity contribution >= 4 is 17.8 Å². The van der Waals surface area contributed by atoms with Crippen LogP contribution < -0.4 is 5.32 Å². The molecule has 0 aliphatic carbocycles. The number of carboxylic acid groups (broad SMARTS) is 1. The van der Waals surface area contributed by atoms with Crippen molar-refractivity contribution in [1.29, 1.82) is 0 Å². The maximum absolute atomic E-state index is 12.5. The van der Waals surface area contributed by atoms with E-state index in [1.165, 1.54) is 0 Å². The zero-order valence-electron chi connectivity index (χ0n) is 13.9. The van der Waals surface area contributed by atoms with Gasteiger partial charge in [-0.1, -0.05) is 18.2 Å². The molecule has 1 saturated heterocycles. The van der Waals surface area contributed by atoms with Crippen LogP contribution in [0.15, 0.2) is 30.3 Å². The van der Waals surface area contributed by atoms with Crippen molar-refractivity contribution in [2.75, 3.05) is 13.1 Å². The van der Waals surface area contributed by atoms with Gasteiger partial charge in [-0.25, -0.2) is 0 Å². The van der Waals surface area contributed by atoms with E-state index in [-0.39, 0.29) is 30.2 Å². The predicted molar refractivity (Wildman–Crippen MR) is 89.5 cm³/mol. The first-order valence-electron chi connectivity index (χ1n) is 8.34. The third kappa shape index (κ3) is 5.08. The van der Waals surface area contributed by atoms with Crippen LogP contribution >= 0.6 is 0 Å². The van der Waals surface area contributed by atoms with Crippen molar-refractivity contribution in [2.45, 2.75) is 38.6 Å². The van der Waals surface area contributed by atoms with E-state index in [9.17, 15) is 14.4 Å². The SMILES string of the molecule is CC(CCC(=O)O)NC(=O)C1CCCN(C(=O)c2ccccc2)C1. The molecule has 6 heteroatoms. The van der Waals surface area contributed by atoms with Gasteiger partial charge < -0.3 is 15.3 Å². The maximum atomic E-state index is 12.5. The molecule has 24 heavy (non-hydrogen) atoms. The standard InChI is InChI=1S/C18H24N2O4/c1-13(9-10-16(21)22)19-17(23)15-8-5-11-20(12-15)18(24)14-6-3-2-4-7-14/h2-4,6-7,13,15H,5,8-12H2,1H3,(H,19,23)(H,21,22). The van der Waals surface area contributed by atoms with E-state index in [4.69, 9.17) is 5.11 Å². The summed E-state index contributed by atoms with van der Waals surface area (Å²) in [5.41, 5.74) is 0.633. The molecule has 0 radical (unpaired) electrons. The second kappa shape index (κ2) is 8.47. The summed E-state index contributed by atoms with van der Waals surface area (Å²) in [4.78, 5) is 37.2. The van der Waals surface area contributed by atoms with Crippen LogP contribution in [0.2, 0.25) is 0 Å². The summed E-state index contributed by atoms with van der Waals surface area (Å²) in [7, 11) is 0. The van der Waals surface area contributed by atoms with Crippen molar-refractivity contribution in [2.24, 2.45) is 5.92 Å². The molecule has 1 aliphatic rings. The van der Waals surface area contributed by atoms with E-state index in [0.29, 0.717) is 25.1 Å². The first kappa shape index (κ1) is 18.0. The Hall–Kier alpha value is -2.37. The number of carbonyl (C=O) groups excluding carboxylic acids is 2. The Balaban J connectivity index is 1.89. The van der Waals surface area contributed by atoms with Crippen LogP contribution in [0, 0.1) is 5.92 Å². The summed E-state index contributed by atoms with van der Waals surface area (Å²) in [6.07, 6.45) is 1.97. The number of likely N-dealkylation sites (tertiary alicyclic amines) is 1. The van der Waals surface area contributed by atoms with Crippen LogP contribution in [0.5, 0.6) is 0 Å². The Morgan fingerprint density at radius 2 is 2.00 bits per heavy atom. The summed E-state index contributed by atoms with van der Waals surface area (Å²) in [5.74, 6) is -1.25. The fraction of sp³-hybridized carbons (Fsp3) is 0.500. The Kier molecular flexibility index (Phi) is 6.35. The number of hydrogen-bond donors (Lipinski definition) is 2. The normalized spacial score (nSPS) is 18.7. The van der Waals surface area contributed by atoms with Crippen molar-refractivity contribution in [1.82, 2.24) is 10.2 Å². The third-order valence-corrected chi connectivity index (χ3v) is 4.28. The second-order valence-electron chi connectivity index (χ2n) is 6.30. The molecular weight excluding hydrogens is 308 g/mol. The molecular formula is C18H24N2O4. The lowest BCUT2D eigenvalue weighted by molar-refractivity contribution is -0.137. The summed E-state index contributed by atoms with van der Waals surface area (Å²) < 4.78 is 0. The molecule has 1 heterocycles. The molecule has 2 amide bonds. The van der Waals surface area contributed by atoms with Gasteiger partial charge in [0.05, 0.1) is 5.92 Å². The van der Waals surface area contributed by atoms with Crippen LogP contribution in [-0.2, 0) is 9.59 Å². The minimum atomic E-state index is -0.867. The summed E-state index contributed by atoms with van der Waals surface area (Å²) in [6.45, 7) is 2.87. The monoisotopic (exact) mass is 332 g/mol. The Bertz CT molecular complexity index is 588. The topological polar surface area (TPSA) is 86.7 Å². The number of carboxylic acids is 1. The van der Waals surface area contributed by atoms with Gasteiger partial charge in [0.15, 0.2) is 0 Å². The highest BCUT2D eigenvalue weighted by Gasteiger charge is 2.29. The molecule has 2 unspecified atom stereocenters. The number of benzene rings is 1. The number of carbonyl (C=O) groups is 3. The number of aliphatic carboxylic acids is 1. The summed E-state index contributed by atoms with van der Waals surface area (Å²) in [5, 5.41) is 11.6. The molecule has 0 saturated carbocycles. The van der Waals surface area contributed by atoms with Crippen molar-refractivity contribution < 1.29 is 19.5 Å². The predicted octanol–water partition coefficient (Wildman–Crippen LogP) is 1.91. The van der Waals surface area contributed by atoms with Crippen molar-refractivity contribution in [3.05, 3.63) is 35.9 Å². The van der Waals surface area contributed by atoms with Gasteiger partial charge in [-0.2, -0.15) is 0 Å². The molecule has 1 fully saturated rings. The van der Waals surface area contributed by atoms with Crippen LogP contribution in [0.4, 0.5) is 0 Å². The minimum absolute atomic E-state index is 0.0325. The molecule has 130 valence electrons. The molecule has 1 aliphatic heterocycles. The fourth-order valence-corrected chi connectivity index (χ4v) is 2.91. The Morgan fingerprint density at radius 1 is 1.29 bits per heavy atom. The van der Waals surface area contributed by atoms with Crippen LogP contribution in [0.1, 0.15) is 43.0 Å². The first-order chi connectivity index (χ1) is 11.5. The van der Waals surface area contributed by atoms with Crippen LogP contribution in [0.3, 0.4) is 0 Å². The minimum Gasteiger partial charge on any atom is -0.481 e. The highest BCUT2D eigenvalue weighted by molar-refractivity contribution is 5.94. The highest BCUT2D eigenvalue weighted by atomic mass is 16.4. The third-order valence-electron chi connectivity index (χ3n) is 4.28. The lowest BCUT2D eigenvalue weighted by atomic mass is 9.96.